The van der Waals surface area contributed by atoms with Crippen molar-refractivity contribution >= 4 is 46.2 Å². The van der Waals surface area contributed by atoms with Crippen molar-refractivity contribution in [1.29, 1.82) is 0 Å². The molecule has 3 aromatic rings. The molecule has 0 aromatic heterocycles. The number of para-hydroxylation sites is 1. The van der Waals surface area contributed by atoms with Crippen molar-refractivity contribution in [1.82, 2.24) is 10.4 Å². The van der Waals surface area contributed by atoms with E-state index in [1.54, 1.807) is 18.2 Å². The van der Waals surface area contributed by atoms with E-state index in [2.05, 4.69) is 5.43 Å². The molecule has 1 saturated heterocycles. The van der Waals surface area contributed by atoms with Crippen molar-refractivity contribution in [2.45, 2.75) is 6.92 Å². The number of carbonyl (C=O) groups excluding carboxylic acids is 2. The number of thiocarbonyl (C=S) groups is 1. The summed E-state index contributed by atoms with van der Waals surface area (Å²) in [6, 6.07) is 23.9. The van der Waals surface area contributed by atoms with E-state index in [9.17, 15) is 9.59 Å². The fourth-order valence-electron chi connectivity index (χ4n) is 2.88. The number of rotatable bonds is 5. The van der Waals surface area contributed by atoms with Crippen molar-refractivity contribution in [2.24, 2.45) is 0 Å². The van der Waals surface area contributed by atoms with Crippen LogP contribution in [0.25, 0.3) is 6.08 Å². The Labute approximate surface area is 189 Å². The predicted octanol–water partition coefficient (Wildman–Crippen LogP) is 5.33. The van der Waals surface area contributed by atoms with Crippen molar-refractivity contribution < 1.29 is 14.3 Å². The van der Waals surface area contributed by atoms with Crippen LogP contribution in [0.1, 0.15) is 21.5 Å². The lowest BCUT2D eigenvalue weighted by Crippen LogP contribution is -2.44. The topological polar surface area (TPSA) is 58.6 Å². The third-order valence-electron chi connectivity index (χ3n) is 4.46. The molecule has 0 radical (unpaired) electrons. The molecule has 0 saturated carbocycles. The monoisotopic (exact) mass is 446 g/mol. The van der Waals surface area contributed by atoms with Crippen molar-refractivity contribution in [3.63, 3.8) is 0 Å². The van der Waals surface area contributed by atoms with Crippen LogP contribution >= 0.6 is 24.0 Å². The Morgan fingerprint density at radius 2 is 1.71 bits per heavy atom. The smallest absolute Gasteiger partial charge is 0.285 e. The summed E-state index contributed by atoms with van der Waals surface area (Å²) in [5.41, 5.74) is 4.88. The summed E-state index contributed by atoms with van der Waals surface area (Å²) < 4.78 is 6.12. The highest BCUT2D eigenvalue weighted by atomic mass is 32.2. The number of benzene rings is 3. The molecule has 1 fully saturated rings. The zero-order valence-electron chi connectivity index (χ0n) is 16.6. The highest BCUT2D eigenvalue weighted by Crippen LogP contribution is 2.32. The van der Waals surface area contributed by atoms with Crippen LogP contribution in [0.3, 0.4) is 0 Å². The summed E-state index contributed by atoms with van der Waals surface area (Å²) in [6.07, 6.45) is 1.73. The third-order valence-corrected chi connectivity index (χ3v) is 5.76. The molecule has 4 rings (SSSR count). The number of amides is 2. The lowest BCUT2D eigenvalue weighted by molar-refractivity contribution is -0.123. The van der Waals surface area contributed by atoms with E-state index < -0.39 is 5.91 Å². The van der Waals surface area contributed by atoms with E-state index in [1.165, 1.54) is 0 Å². The molecule has 0 atom stereocenters. The fraction of sp³-hybridized carbons (Fsp3) is 0.0417. The second kappa shape index (κ2) is 9.16. The number of ether oxygens (including phenoxy) is 1. The number of hydrogen-bond donors (Lipinski definition) is 1. The zero-order chi connectivity index (χ0) is 21.8. The summed E-state index contributed by atoms with van der Waals surface area (Å²) >= 11 is 6.44. The van der Waals surface area contributed by atoms with Crippen LogP contribution in [-0.4, -0.2) is 21.1 Å². The molecule has 1 aliphatic heterocycles. The first kappa shape index (κ1) is 20.8. The van der Waals surface area contributed by atoms with Gasteiger partial charge in [-0.05, 0) is 67.2 Å². The summed E-state index contributed by atoms with van der Waals surface area (Å²) in [5, 5.41) is 1.11. The minimum atomic E-state index is -0.393. The lowest BCUT2D eigenvalue weighted by atomic mass is 10.1. The molecule has 0 aliphatic carbocycles. The Hall–Kier alpha value is -3.42. The number of nitrogens with one attached hydrogen (secondary N) is 1. The van der Waals surface area contributed by atoms with Gasteiger partial charge in [0, 0.05) is 5.56 Å². The fourth-order valence-corrected chi connectivity index (χ4v) is 4.06. The molecule has 31 heavy (non-hydrogen) atoms. The van der Waals surface area contributed by atoms with E-state index in [-0.39, 0.29) is 10.2 Å². The van der Waals surface area contributed by atoms with Crippen molar-refractivity contribution in [2.75, 3.05) is 0 Å². The van der Waals surface area contributed by atoms with Gasteiger partial charge in [-0.3, -0.25) is 15.0 Å². The Balaban J connectivity index is 1.48. The SMILES string of the molecule is Cc1ccc(C(=O)NN2C(=O)/C(=C/c3cccc(Oc4ccccc4)c3)SC2=S)cc1. The number of nitrogens with zero attached hydrogens (tertiary/aromatic N) is 1. The van der Waals surface area contributed by atoms with E-state index in [0.29, 0.717) is 16.2 Å². The maximum atomic E-state index is 12.8. The van der Waals surface area contributed by atoms with Gasteiger partial charge < -0.3 is 4.74 Å². The first-order chi connectivity index (χ1) is 15.0. The normalized spacial score (nSPS) is 14.7. The molecule has 154 valence electrons. The Morgan fingerprint density at radius 3 is 2.45 bits per heavy atom. The molecule has 7 heteroatoms. The molecule has 0 bridgehead atoms. The first-order valence-corrected chi connectivity index (χ1v) is 10.7. The second-order valence-electron chi connectivity index (χ2n) is 6.81. The van der Waals surface area contributed by atoms with Crippen LogP contribution in [0.15, 0.2) is 83.8 Å². The lowest BCUT2D eigenvalue weighted by Gasteiger charge is -2.15. The average Bonchev–Trinajstić information content (AvgIpc) is 3.02. The van der Waals surface area contributed by atoms with E-state index in [4.69, 9.17) is 17.0 Å². The minimum Gasteiger partial charge on any atom is -0.457 e. The molecular weight excluding hydrogens is 428 g/mol. The van der Waals surface area contributed by atoms with Crippen LogP contribution in [0.4, 0.5) is 0 Å². The Morgan fingerprint density at radius 1 is 1.00 bits per heavy atom. The predicted molar refractivity (Wildman–Crippen MR) is 127 cm³/mol. The quantitative estimate of drug-likeness (QED) is 0.424. The summed E-state index contributed by atoms with van der Waals surface area (Å²) in [4.78, 5) is 25.7. The number of hydrogen-bond acceptors (Lipinski definition) is 5. The van der Waals surface area contributed by atoms with E-state index in [0.717, 1.165) is 33.6 Å². The first-order valence-electron chi connectivity index (χ1n) is 9.48. The second-order valence-corrected chi connectivity index (χ2v) is 8.49. The Bertz CT molecular complexity index is 1170. The van der Waals surface area contributed by atoms with Gasteiger partial charge in [-0.1, -0.05) is 59.8 Å². The van der Waals surface area contributed by atoms with Crippen molar-refractivity contribution in [3.8, 4) is 11.5 Å². The van der Waals surface area contributed by atoms with E-state index in [1.807, 2.05) is 73.7 Å². The molecular formula is C24H18N2O3S2. The van der Waals surface area contributed by atoms with Crippen LogP contribution in [0.2, 0.25) is 0 Å². The number of aryl methyl sites for hydroxylation is 1. The molecule has 2 amide bonds. The molecule has 5 nitrogen and oxygen atoms in total. The molecule has 0 unspecified atom stereocenters. The van der Waals surface area contributed by atoms with Crippen molar-refractivity contribution in [3.05, 3.63) is 100 Å². The van der Waals surface area contributed by atoms with Crippen LogP contribution in [0.5, 0.6) is 11.5 Å². The van der Waals surface area contributed by atoms with Crippen LogP contribution in [-0.2, 0) is 4.79 Å². The Kier molecular flexibility index (Phi) is 6.16. The van der Waals surface area contributed by atoms with Gasteiger partial charge >= 0.3 is 0 Å². The molecule has 1 heterocycles. The van der Waals surface area contributed by atoms with Gasteiger partial charge in [0.05, 0.1) is 4.91 Å². The van der Waals surface area contributed by atoms with Gasteiger partial charge in [0.1, 0.15) is 11.5 Å². The van der Waals surface area contributed by atoms with Gasteiger partial charge in [0.2, 0.25) is 0 Å². The van der Waals surface area contributed by atoms with Gasteiger partial charge in [0.25, 0.3) is 11.8 Å². The average molecular weight is 447 g/mol. The third kappa shape index (κ3) is 5.02. The maximum Gasteiger partial charge on any atom is 0.285 e. The van der Waals surface area contributed by atoms with Crippen LogP contribution in [0, 0.1) is 6.92 Å². The number of hydrazine groups is 1. The summed E-state index contributed by atoms with van der Waals surface area (Å²) in [6.45, 7) is 1.94. The standard InChI is InChI=1S/C24H18N2O3S2/c1-16-10-12-18(13-11-16)22(27)25-26-23(28)21(31-24(26)30)15-17-6-5-9-20(14-17)29-19-7-3-2-4-8-19/h2-15H,1H3,(H,25,27)/b21-15-. The largest absolute Gasteiger partial charge is 0.457 e. The van der Waals surface area contributed by atoms with Gasteiger partial charge in [-0.2, -0.15) is 5.01 Å². The molecule has 1 N–H and O–H groups in total. The molecule has 1 aliphatic rings. The molecule has 3 aromatic carbocycles. The number of carbonyl (C=O) groups is 2. The number of thioether (sulfide) groups is 1. The summed E-state index contributed by atoms with van der Waals surface area (Å²) in [5.74, 6) is 0.619. The van der Waals surface area contributed by atoms with Crippen LogP contribution < -0.4 is 10.2 Å². The van der Waals surface area contributed by atoms with Gasteiger partial charge in [0.15, 0.2) is 4.32 Å². The maximum absolute atomic E-state index is 12.8. The minimum absolute atomic E-state index is 0.272. The highest BCUT2D eigenvalue weighted by molar-refractivity contribution is 8.26. The van der Waals surface area contributed by atoms with Gasteiger partial charge in [-0.25, -0.2) is 0 Å². The van der Waals surface area contributed by atoms with Gasteiger partial charge in [-0.15, -0.1) is 0 Å². The molecule has 0 spiro atoms. The van der Waals surface area contributed by atoms with E-state index >= 15 is 0 Å². The zero-order valence-corrected chi connectivity index (χ0v) is 18.2. The summed E-state index contributed by atoms with van der Waals surface area (Å²) in [7, 11) is 0. The highest BCUT2D eigenvalue weighted by Gasteiger charge is 2.33.